The van der Waals surface area contributed by atoms with E-state index in [0.29, 0.717) is 6.61 Å². The molecule has 0 spiro atoms. The Hall–Kier alpha value is -2.10. The first kappa shape index (κ1) is 12.4. The summed E-state index contributed by atoms with van der Waals surface area (Å²) in [5, 5.41) is 3.19. The summed E-state index contributed by atoms with van der Waals surface area (Å²) in [5.74, 6) is 1.64. The number of anilines is 1. The first-order valence-electron chi connectivity index (χ1n) is 6.12. The van der Waals surface area contributed by atoms with Crippen LogP contribution in [0.15, 0.2) is 36.7 Å². The summed E-state index contributed by atoms with van der Waals surface area (Å²) in [6.45, 7) is 5.49. The van der Waals surface area contributed by atoms with Crippen molar-refractivity contribution in [1.82, 2.24) is 9.97 Å². The van der Waals surface area contributed by atoms with Crippen molar-refractivity contribution in [1.29, 1.82) is 0 Å². The van der Waals surface area contributed by atoms with Crippen LogP contribution in [-0.4, -0.2) is 23.1 Å². The van der Waals surface area contributed by atoms with Crippen LogP contribution in [-0.2, 0) is 0 Å². The third-order valence-corrected chi connectivity index (χ3v) is 2.43. The molecule has 2 rings (SSSR count). The second-order valence-corrected chi connectivity index (χ2v) is 3.78. The Morgan fingerprint density at radius 1 is 1.22 bits per heavy atom. The normalized spacial score (nSPS) is 10.1. The quantitative estimate of drug-likeness (QED) is 0.877. The molecule has 0 aliphatic carbocycles. The molecule has 0 radical (unpaired) electrons. The zero-order valence-electron chi connectivity index (χ0n) is 10.7. The molecular weight excluding hydrogens is 226 g/mol. The molecule has 0 saturated heterocycles. The summed E-state index contributed by atoms with van der Waals surface area (Å²) >= 11 is 0. The number of pyridine rings is 2. The van der Waals surface area contributed by atoms with Crippen molar-refractivity contribution in [2.45, 2.75) is 13.8 Å². The zero-order chi connectivity index (χ0) is 12.8. The molecule has 2 aromatic heterocycles. The van der Waals surface area contributed by atoms with Crippen LogP contribution in [0.2, 0.25) is 0 Å². The van der Waals surface area contributed by atoms with Gasteiger partial charge in [0, 0.05) is 18.3 Å². The predicted molar refractivity (Wildman–Crippen MR) is 72.8 cm³/mol. The van der Waals surface area contributed by atoms with Crippen molar-refractivity contribution in [3.8, 4) is 17.0 Å². The first-order chi connectivity index (χ1) is 8.83. The van der Waals surface area contributed by atoms with Crippen molar-refractivity contribution < 1.29 is 4.74 Å². The van der Waals surface area contributed by atoms with E-state index in [1.54, 1.807) is 12.4 Å². The Kier molecular flexibility index (Phi) is 4.12. The van der Waals surface area contributed by atoms with Gasteiger partial charge in [-0.1, -0.05) is 6.07 Å². The molecule has 4 heteroatoms. The number of hydrogen-bond acceptors (Lipinski definition) is 4. The van der Waals surface area contributed by atoms with Crippen molar-refractivity contribution in [2.24, 2.45) is 0 Å². The van der Waals surface area contributed by atoms with Crippen molar-refractivity contribution in [3.05, 3.63) is 36.7 Å². The van der Waals surface area contributed by atoms with Gasteiger partial charge in [0.05, 0.1) is 18.5 Å². The summed E-state index contributed by atoms with van der Waals surface area (Å²) in [5.41, 5.74) is 1.85. The largest absolute Gasteiger partial charge is 0.492 e. The highest BCUT2D eigenvalue weighted by Crippen LogP contribution is 2.22. The van der Waals surface area contributed by atoms with Gasteiger partial charge in [-0.3, -0.25) is 4.98 Å². The lowest BCUT2D eigenvalue weighted by Crippen LogP contribution is -1.99. The average molecular weight is 243 g/mol. The number of hydrogen-bond donors (Lipinski definition) is 1. The summed E-state index contributed by atoms with van der Waals surface area (Å²) < 4.78 is 5.44. The Balaban J connectivity index is 2.29. The minimum absolute atomic E-state index is 0.635. The van der Waals surface area contributed by atoms with Gasteiger partial charge < -0.3 is 10.1 Å². The van der Waals surface area contributed by atoms with Gasteiger partial charge >= 0.3 is 0 Å². The molecule has 0 aliphatic rings. The molecule has 2 aromatic rings. The molecule has 0 aromatic carbocycles. The Labute approximate surface area is 107 Å². The first-order valence-corrected chi connectivity index (χ1v) is 6.12. The summed E-state index contributed by atoms with van der Waals surface area (Å²) in [6.07, 6.45) is 3.50. The molecule has 0 amide bonds. The monoisotopic (exact) mass is 243 g/mol. The fourth-order valence-electron chi connectivity index (χ4n) is 1.68. The maximum Gasteiger partial charge on any atom is 0.138 e. The molecular formula is C14H17N3O. The standard InChI is InChI=1S/C14H17N3O/c1-3-16-14-7-5-6-13(17-14)11-8-12(18-4-2)10-15-9-11/h5-10H,3-4H2,1-2H3,(H,16,17). The number of ether oxygens (including phenoxy) is 1. The Bertz CT molecular complexity index is 466. The number of aromatic nitrogens is 2. The molecule has 0 bridgehead atoms. The van der Waals surface area contributed by atoms with Gasteiger partial charge in [-0.05, 0) is 32.0 Å². The van der Waals surface area contributed by atoms with E-state index in [1.807, 2.05) is 38.1 Å². The molecule has 0 atom stereocenters. The summed E-state index contributed by atoms with van der Waals surface area (Å²) in [6, 6.07) is 7.85. The second kappa shape index (κ2) is 6.00. The van der Waals surface area contributed by atoms with E-state index >= 15 is 0 Å². The molecule has 0 fully saturated rings. The fourth-order valence-corrected chi connectivity index (χ4v) is 1.68. The van der Waals surface area contributed by atoms with Crippen molar-refractivity contribution in [3.63, 3.8) is 0 Å². The Morgan fingerprint density at radius 2 is 2.11 bits per heavy atom. The lowest BCUT2D eigenvalue weighted by molar-refractivity contribution is 0.339. The van der Waals surface area contributed by atoms with Gasteiger partial charge in [0.1, 0.15) is 11.6 Å². The number of rotatable bonds is 5. The van der Waals surface area contributed by atoms with Crippen LogP contribution >= 0.6 is 0 Å². The van der Waals surface area contributed by atoms with E-state index < -0.39 is 0 Å². The molecule has 4 nitrogen and oxygen atoms in total. The lowest BCUT2D eigenvalue weighted by atomic mass is 10.2. The molecule has 0 aliphatic heterocycles. The van der Waals surface area contributed by atoms with Gasteiger partial charge in [0.25, 0.3) is 0 Å². The molecule has 18 heavy (non-hydrogen) atoms. The second-order valence-electron chi connectivity index (χ2n) is 3.78. The molecule has 94 valence electrons. The van der Waals surface area contributed by atoms with Gasteiger partial charge in [0.15, 0.2) is 0 Å². The highest BCUT2D eigenvalue weighted by molar-refractivity contribution is 5.61. The van der Waals surface area contributed by atoms with Gasteiger partial charge in [-0.2, -0.15) is 0 Å². The topological polar surface area (TPSA) is 47.0 Å². The number of nitrogens with zero attached hydrogens (tertiary/aromatic N) is 2. The maximum absolute atomic E-state index is 5.44. The third-order valence-electron chi connectivity index (χ3n) is 2.43. The smallest absolute Gasteiger partial charge is 0.138 e. The fraction of sp³-hybridized carbons (Fsp3) is 0.286. The summed E-state index contributed by atoms with van der Waals surface area (Å²) in [4.78, 5) is 8.70. The van der Waals surface area contributed by atoms with Crippen LogP contribution in [0.4, 0.5) is 5.82 Å². The van der Waals surface area contributed by atoms with Crippen LogP contribution in [0.1, 0.15) is 13.8 Å². The van der Waals surface area contributed by atoms with Crippen molar-refractivity contribution >= 4 is 5.82 Å². The van der Waals surface area contributed by atoms with Gasteiger partial charge in [0.2, 0.25) is 0 Å². The van der Waals surface area contributed by atoms with Crippen molar-refractivity contribution in [2.75, 3.05) is 18.5 Å². The summed E-state index contributed by atoms with van der Waals surface area (Å²) in [7, 11) is 0. The SMILES string of the molecule is CCNc1cccc(-c2cncc(OCC)c2)n1. The van der Waals surface area contributed by atoms with E-state index in [2.05, 4.69) is 15.3 Å². The minimum Gasteiger partial charge on any atom is -0.492 e. The Morgan fingerprint density at radius 3 is 2.89 bits per heavy atom. The van der Waals surface area contributed by atoms with Crippen LogP contribution < -0.4 is 10.1 Å². The van der Waals surface area contributed by atoms with E-state index in [0.717, 1.165) is 29.4 Å². The zero-order valence-corrected chi connectivity index (χ0v) is 10.7. The van der Waals surface area contributed by atoms with E-state index in [-0.39, 0.29) is 0 Å². The lowest BCUT2D eigenvalue weighted by Gasteiger charge is -2.07. The highest BCUT2D eigenvalue weighted by Gasteiger charge is 2.03. The van der Waals surface area contributed by atoms with Crippen LogP contribution in [0, 0.1) is 0 Å². The van der Waals surface area contributed by atoms with E-state index in [9.17, 15) is 0 Å². The van der Waals surface area contributed by atoms with Gasteiger partial charge in [-0.25, -0.2) is 4.98 Å². The van der Waals surface area contributed by atoms with Crippen LogP contribution in [0.5, 0.6) is 5.75 Å². The molecule has 0 unspecified atom stereocenters. The van der Waals surface area contributed by atoms with E-state index in [4.69, 9.17) is 4.74 Å². The average Bonchev–Trinajstić information content (AvgIpc) is 2.40. The minimum atomic E-state index is 0.635. The van der Waals surface area contributed by atoms with E-state index in [1.165, 1.54) is 0 Å². The highest BCUT2D eigenvalue weighted by atomic mass is 16.5. The maximum atomic E-state index is 5.44. The third kappa shape index (κ3) is 2.97. The molecule has 0 saturated carbocycles. The predicted octanol–water partition coefficient (Wildman–Crippen LogP) is 2.97. The van der Waals surface area contributed by atoms with Crippen LogP contribution in [0.25, 0.3) is 11.3 Å². The molecule has 2 heterocycles. The molecule has 1 N–H and O–H groups in total. The van der Waals surface area contributed by atoms with Crippen LogP contribution in [0.3, 0.4) is 0 Å². The number of nitrogens with one attached hydrogen (secondary N) is 1. The van der Waals surface area contributed by atoms with Gasteiger partial charge in [-0.15, -0.1) is 0 Å².